The molecule has 0 bridgehead atoms. The first-order valence-corrected chi connectivity index (χ1v) is 7.66. The summed E-state index contributed by atoms with van der Waals surface area (Å²) < 4.78 is 6.48. The summed E-state index contributed by atoms with van der Waals surface area (Å²) in [5, 5.41) is 3.48. The zero-order chi connectivity index (χ0) is 15.2. The fourth-order valence-corrected chi connectivity index (χ4v) is 2.45. The number of carbonyl (C=O) groups excluding carboxylic acids is 1. The standard InChI is InChI=1S/C16H15BrClNO2/c1-11-9-12(17)5-6-15(11)19-16(20)7-8-21-14-4-2-3-13(18)10-14/h2-6,9-10H,7-8H2,1H3,(H,19,20). The van der Waals surface area contributed by atoms with Gasteiger partial charge in [0.25, 0.3) is 0 Å². The van der Waals surface area contributed by atoms with Gasteiger partial charge >= 0.3 is 0 Å². The molecule has 110 valence electrons. The minimum atomic E-state index is -0.0811. The van der Waals surface area contributed by atoms with E-state index in [2.05, 4.69) is 21.2 Å². The first-order valence-electron chi connectivity index (χ1n) is 6.49. The van der Waals surface area contributed by atoms with E-state index in [1.54, 1.807) is 12.1 Å². The molecule has 21 heavy (non-hydrogen) atoms. The summed E-state index contributed by atoms with van der Waals surface area (Å²) in [6.07, 6.45) is 0.280. The lowest BCUT2D eigenvalue weighted by Crippen LogP contribution is -2.15. The molecule has 0 radical (unpaired) electrons. The summed E-state index contributed by atoms with van der Waals surface area (Å²) in [4.78, 5) is 11.9. The number of hydrogen-bond donors (Lipinski definition) is 1. The van der Waals surface area contributed by atoms with Crippen molar-refractivity contribution in [2.24, 2.45) is 0 Å². The Labute approximate surface area is 137 Å². The number of amides is 1. The minimum absolute atomic E-state index is 0.0811. The Hall–Kier alpha value is -1.52. The van der Waals surface area contributed by atoms with Crippen molar-refractivity contribution < 1.29 is 9.53 Å². The number of rotatable bonds is 5. The highest BCUT2D eigenvalue weighted by Gasteiger charge is 2.05. The largest absolute Gasteiger partial charge is 0.493 e. The van der Waals surface area contributed by atoms with Gasteiger partial charge in [-0.15, -0.1) is 0 Å². The second kappa shape index (κ2) is 7.48. The lowest BCUT2D eigenvalue weighted by Gasteiger charge is -2.09. The fraction of sp³-hybridized carbons (Fsp3) is 0.188. The quantitative estimate of drug-likeness (QED) is 0.822. The Morgan fingerprint density at radius 2 is 2.10 bits per heavy atom. The van der Waals surface area contributed by atoms with Crippen LogP contribution in [0.1, 0.15) is 12.0 Å². The highest BCUT2D eigenvalue weighted by Crippen LogP contribution is 2.20. The summed E-state index contributed by atoms with van der Waals surface area (Å²) in [6, 6.07) is 12.8. The number of aryl methyl sites for hydroxylation is 1. The lowest BCUT2D eigenvalue weighted by atomic mass is 10.2. The van der Waals surface area contributed by atoms with Crippen molar-refractivity contribution in [3.63, 3.8) is 0 Å². The van der Waals surface area contributed by atoms with Gasteiger partial charge in [-0.3, -0.25) is 4.79 Å². The Bertz CT molecular complexity index is 646. The summed E-state index contributed by atoms with van der Waals surface area (Å²) in [6.45, 7) is 2.25. The number of hydrogen-bond acceptors (Lipinski definition) is 2. The van der Waals surface area contributed by atoms with Crippen LogP contribution in [-0.4, -0.2) is 12.5 Å². The van der Waals surface area contributed by atoms with Crippen LogP contribution in [0.5, 0.6) is 5.75 Å². The normalized spacial score (nSPS) is 10.2. The molecule has 0 saturated heterocycles. The van der Waals surface area contributed by atoms with Crippen molar-refractivity contribution in [1.82, 2.24) is 0 Å². The lowest BCUT2D eigenvalue weighted by molar-refractivity contribution is -0.116. The molecule has 0 unspecified atom stereocenters. The molecule has 1 amide bonds. The predicted octanol–water partition coefficient (Wildman–Crippen LogP) is 4.82. The number of nitrogens with one attached hydrogen (secondary N) is 1. The third-order valence-electron chi connectivity index (χ3n) is 2.86. The molecule has 0 aliphatic rings. The third kappa shape index (κ3) is 5.06. The SMILES string of the molecule is Cc1cc(Br)ccc1NC(=O)CCOc1cccc(Cl)c1. The number of ether oxygens (including phenoxy) is 1. The molecule has 2 aromatic carbocycles. The predicted molar refractivity (Wildman–Crippen MR) is 89.1 cm³/mol. The molecule has 0 saturated carbocycles. The maximum absolute atomic E-state index is 11.9. The zero-order valence-corrected chi connectivity index (χ0v) is 13.9. The van der Waals surface area contributed by atoms with Gasteiger partial charge in [-0.05, 0) is 48.9 Å². The van der Waals surface area contributed by atoms with E-state index >= 15 is 0 Å². The van der Waals surface area contributed by atoms with Crippen molar-refractivity contribution in [3.8, 4) is 5.75 Å². The molecule has 2 aromatic rings. The molecule has 3 nitrogen and oxygen atoms in total. The van der Waals surface area contributed by atoms with Crippen molar-refractivity contribution in [1.29, 1.82) is 0 Å². The summed E-state index contributed by atoms with van der Waals surface area (Å²) in [5.41, 5.74) is 1.82. The Morgan fingerprint density at radius 3 is 2.81 bits per heavy atom. The van der Waals surface area contributed by atoms with E-state index in [-0.39, 0.29) is 12.3 Å². The second-order valence-electron chi connectivity index (χ2n) is 4.56. The van der Waals surface area contributed by atoms with E-state index in [0.717, 1.165) is 15.7 Å². The van der Waals surface area contributed by atoms with Crippen LogP contribution in [-0.2, 0) is 4.79 Å². The van der Waals surface area contributed by atoms with Gasteiger partial charge in [0.15, 0.2) is 0 Å². The number of halogens is 2. The molecule has 0 heterocycles. The van der Waals surface area contributed by atoms with Gasteiger partial charge in [0.2, 0.25) is 5.91 Å². The maximum Gasteiger partial charge on any atom is 0.227 e. The van der Waals surface area contributed by atoms with E-state index in [0.29, 0.717) is 17.4 Å². The van der Waals surface area contributed by atoms with Crippen LogP contribution in [0.25, 0.3) is 0 Å². The van der Waals surface area contributed by atoms with Gasteiger partial charge in [-0.1, -0.05) is 33.6 Å². The van der Waals surface area contributed by atoms with E-state index in [1.807, 2.05) is 37.3 Å². The molecule has 0 fully saturated rings. The van der Waals surface area contributed by atoms with Crippen molar-refractivity contribution in [2.75, 3.05) is 11.9 Å². The first kappa shape index (κ1) is 15.9. The summed E-state index contributed by atoms with van der Waals surface area (Å²) in [7, 11) is 0. The van der Waals surface area contributed by atoms with Crippen LogP contribution >= 0.6 is 27.5 Å². The average molecular weight is 369 g/mol. The average Bonchev–Trinajstić information content (AvgIpc) is 2.42. The number of benzene rings is 2. The van der Waals surface area contributed by atoms with Crippen LogP contribution in [0.15, 0.2) is 46.9 Å². The van der Waals surface area contributed by atoms with E-state index in [9.17, 15) is 4.79 Å². The molecule has 2 rings (SSSR count). The monoisotopic (exact) mass is 367 g/mol. The van der Waals surface area contributed by atoms with E-state index in [1.165, 1.54) is 0 Å². The zero-order valence-electron chi connectivity index (χ0n) is 11.5. The molecule has 0 atom stereocenters. The van der Waals surface area contributed by atoms with Crippen LogP contribution < -0.4 is 10.1 Å². The summed E-state index contributed by atoms with van der Waals surface area (Å²) >= 11 is 9.25. The molecule has 0 spiro atoms. The third-order valence-corrected chi connectivity index (χ3v) is 3.58. The summed E-state index contributed by atoms with van der Waals surface area (Å²) in [5.74, 6) is 0.581. The van der Waals surface area contributed by atoms with Crippen LogP contribution in [0.3, 0.4) is 0 Å². The molecule has 1 N–H and O–H groups in total. The van der Waals surface area contributed by atoms with Gasteiger partial charge in [-0.25, -0.2) is 0 Å². The molecule has 0 aromatic heterocycles. The second-order valence-corrected chi connectivity index (χ2v) is 5.92. The number of anilines is 1. The first-order chi connectivity index (χ1) is 10.0. The Morgan fingerprint density at radius 1 is 1.29 bits per heavy atom. The van der Waals surface area contributed by atoms with Crippen molar-refractivity contribution in [2.45, 2.75) is 13.3 Å². The molecular weight excluding hydrogens is 354 g/mol. The van der Waals surface area contributed by atoms with Gasteiger partial charge in [0.1, 0.15) is 5.75 Å². The Kier molecular flexibility index (Phi) is 5.65. The smallest absolute Gasteiger partial charge is 0.227 e. The molecule has 0 aliphatic carbocycles. The van der Waals surface area contributed by atoms with Crippen molar-refractivity contribution in [3.05, 3.63) is 57.5 Å². The van der Waals surface area contributed by atoms with E-state index < -0.39 is 0 Å². The van der Waals surface area contributed by atoms with Crippen LogP contribution in [0.4, 0.5) is 5.69 Å². The molecule has 0 aliphatic heterocycles. The highest BCUT2D eigenvalue weighted by molar-refractivity contribution is 9.10. The maximum atomic E-state index is 11.9. The fourth-order valence-electron chi connectivity index (χ4n) is 1.80. The highest BCUT2D eigenvalue weighted by atomic mass is 79.9. The van der Waals surface area contributed by atoms with Crippen LogP contribution in [0.2, 0.25) is 5.02 Å². The van der Waals surface area contributed by atoms with E-state index in [4.69, 9.17) is 16.3 Å². The molecule has 5 heteroatoms. The minimum Gasteiger partial charge on any atom is -0.493 e. The number of carbonyl (C=O) groups is 1. The topological polar surface area (TPSA) is 38.3 Å². The Balaban J connectivity index is 1.82. The van der Waals surface area contributed by atoms with Gasteiger partial charge < -0.3 is 10.1 Å². The van der Waals surface area contributed by atoms with Crippen LogP contribution in [0, 0.1) is 6.92 Å². The van der Waals surface area contributed by atoms with Crippen molar-refractivity contribution >= 4 is 39.1 Å². The van der Waals surface area contributed by atoms with Gasteiger partial charge in [0, 0.05) is 15.2 Å². The molecular formula is C16H15BrClNO2. The van der Waals surface area contributed by atoms with Gasteiger partial charge in [0.05, 0.1) is 13.0 Å². The van der Waals surface area contributed by atoms with Gasteiger partial charge in [-0.2, -0.15) is 0 Å².